The van der Waals surface area contributed by atoms with Gasteiger partial charge < -0.3 is 20.1 Å². The number of nitrogens with zero attached hydrogens (tertiary/aromatic N) is 3. The zero-order chi connectivity index (χ0) is 19.5. The maximum Gasteiger partial charge on any atom is 0.345 e. The number of benzene rings is 1. The molecule has 28 heavy (non-hydrogen) atoms. The second-order valence-corrected chi connectivity index (χ2v) is 7.15. The lowest BCUT2D eigenvalue weighted by atomic mass is 10.2. The van der Waals surface area contributed by atoms with Gasteiger partial charge >= 0.3 is 11.7 Å². The van der Waals surface area contributed by atoms with Crippen LogP contribution in [0.5, 0.6) is 11.5 Å². The first-order valence-corrected chi connectivity index (χ1v) is 9.80. The number of rotatable bonds is 5. The molecule has 3 heterocycles. The molecule has 1 aromatic heterocycles. The summed E-state index contributed by atoms with van der Waals surface area (Å²) in [5.74, 6) is 1.97. The Morgan fingerprint density at radius 3 is 2.79 bits per heavy atom. The second kappa shape index (κ2) is 8.14. The zero-order valence-electron chi connectivity index (χ0n) is 15.4. The summed E-state index contributed by atoms with van der Waals surface area (Å²) in [5.41, 5.74) is 0.378. The van der Waals surface area contributed by atoms with E-state index >= 15 is 0 Å². The molecule has 4 rings (SSSR count). The van der Waals surface area contributed by atoms with Gasteiger partial charge in [0.15, 0.2) is 11.5 Å². The van der Waals surface area contributed by atoms with Crippen molar-refractivity contribution >= 4 is 23.3 Å². The smallest absolute Gasteiger partial charge is 0.345 e. The molecule has 2 aliphatic rings. The number of aromatic nitrogens is 3. The van der Waals surface area contributed by atoms with E-state index in [-0.39, 0.29) is 11.7 Å². The van der Waals surface area contributed by atoms with Crippen LogP contribution in [0.4, 0.5) is 10.5 Å². The van der Waals surface area contributed by atoms with Crippen molar-refractivity contribution in [2.24, 2.45) is 0 Å². The fourth-order valence-corrected chi connectivity index (χ4v) is 3.55. The van der Waals surface area contributed by atoms with Gasteiger partial charge in [0.1, 0.15) is 19.0 Å². The molecule has 2 aliphatic heterocycles. The third-order valence-corrected chi connectivity index (χ3v) is 5.06. The Kier molecular flexibility index (Phi) is 5.43. The number of ether oxygens (including phenoxy) is 2. The third kappa shape index (κ3) is 3.94. The molecule has 0 spiro atoms. The fraction of sp³-hybridized carbons (Fsp3) is 0.500. The molecule has 0 fully saturated rings. The Balaban J connectivity index is 1.27. The van der Waals surface area contributed by atoms with Gasteiger partial charge in [0, 0.05) is 38.2 Å². The van der Waals surface area contributed by atoms with E-state index < -0.39 is 0 Å². The number of nitrogens with one attached hydrogen (secondary N) is 2. The average molecular weight is 408 g/mol. The van der Waals surface area contributed by atoms with Gasteiger partial charge in [-0.2, -0.15) is 5.10 Å². The summed E-state index contributed by atoms with van der Waals surface area (Å²) in [6, 6.07) is 2.89. The van der Waals surface area contributed by atoms with Gasteiger partial charge in [-0.15, -0.1) is 0 Å². The molecule has 150 valence electrons. The van der Waals surface area contributed by atoms with Gasteiger partial charge in [-0.05, 0) is 19.3 Å². The molecule has 0 bridgehead atoms. The highest BCUT2D eigenvalue weighted by Gasteiger charge is 2.17. The molecule has 2 amide bonds. The number of fused-ring (bicyclic) bond motifs is 2. The lowest BCUT2D eigenvalue weighted by molar-refractivity contribution is 0.171. The molecule has 0 saturated carbocycles. The summed E-state index contributed by atoms with van der Waals surface area (Å²) in [7, 11) is 0. The van der Waals surface area contributed by atoms with Crippen LogP contribution in [0.1, 0.15) is 25.1 Å². The Morgan fingerprint density at radius 2 is 2.00 bits per heavy atom. The highest BCUT2D eigenvalue weighted by atomic mass is 35.5. The van der Waals surface area contributed by atoms with Crippen molar-refractivity contribution in [2.75, 3.05) is 25.1 Å². The Bertz CT molecular complexity index is 939. The Morgan fingerprint density at radius 1 is 1.21 bits per heavy atom. The Labute approximate surface area is 166 Å². The molecule has 0 unspecified atom stereocenters. The van der Waals surface area contributed by atoms with Crippen LogP contribution in [-0.2, 0) is 19.5 Å². The number of urea groups is 1. The van der Waals surface area contributed by atoms with Gasteiger partial charge in [0.05, 0.1) is 10.7 Å². The molecule has 0 radical (unpaired) electrons. The predicted octanol–water partition coefficient (Wildman–Crippen LogP) is 2.02. The minimum absolute atomic E-state index is 0.0674. The first kappa shape index (κ1) is 18.7. The van der Waals surface area contributed by atoms with Crippen molar-refractivity contribution in [1.82, 2.24) is 19.7 Å². The predicted molar refractivity (Wildman–Crippen MR) is 104 cm³/mol. The van der Waals surface area contributed by atoms with Crippen LogP contribution in [-0.4, -0.2) is 40.1 Å². The van der Waals surface area contributed by atoms with Crippen LogP contribution in [0.25, 0.3) is 0 Å². The molecule has 1 aromatic carbocycles. The summed E-state index contributed by atoms with van der Waals surface area (Å²) in [5, 5.41) is 10.2. The zero-order valence-corrected chi connectivity index (χ0v) is 16.1. The van der Waals surface area contributed by atoms with E-state index in [4.69, 9.17) is 21.1 Å². The summed E-state index contributed by atoms with van der Waals surface area (Å²) in [6.07, 6.45) is 3.53. The monoisotopic (exact) mass is 407 g/mol. The topological polar surface area (TPSA) is 99.4 Å². The normalized spacial score (nSPS) is 15.0. The van der Waals surface area contributed by atoms with E-state index in [1.807, 2.05) is 0 Å². The molecule has 10 heteroatoms. The summed E-state index contributed by atoms with van der Waals surface area (Å²) in [4.78, 5) is 24.4. The number of anilines is 1. The van der Waals surface area contributed by atoms with Crippen LogP contribution in [0, 0.1) is 0 Å². The molecule has 2 aromatic rings. The quantitative estimate of drug-likeness (QED) is 0.739. The second-order valence-electron chi connectivity index (χ2n) is 6.74. The summed E-state index contributed by atoms with van der Waals surface area (Å²) < 4.78 is 14.2. The average Bonchev–Trinajstić information content (AvgIpc) is 3.02. The van der Waals surface area contributed by atoms with E-state index in [0.29, 0.717) is 54.9 Å². The number of aryl methyl sites for hydroxylation is 2. The van der Waals surface area contributed by atoms with Crippen molar-refractivity contribution in [3.8, 4) is 11.5 Å². The number of hydrogen-bond donors (Lipinski definition) is 2. The standard InChI is InChI=1S/C18H22ClN5O4/c19-12-10-14-15(28-9-8-27-14)11-13(12)21-17(25)20-5-3-7-24-18(26)23-6-2-1-4-16(23)22-24/h10-11H,1-9H2,(H2,20,21,25). The lowest BCUT2D eigenvalue weighted by Gasteiger charge is -2.20. The largest absolute Gasteiger partial charge is 0.486 e. The third-order valence-electron chi connectivity index (χ3n) is 4.74. The van der Waals surface area contributed by atoms with Crippen molar-refractivity contribution in [3.63, 3.8) is 0 Å². The first-order chi connectivity index (χ1) is 13.6. The SMILES string of the molecule is O=C(NCCCn1nc2n(c1=O)CCCC2)Nc1cc2c(cc1Cl)OCCO2. The highest BCUT2D eigenvalue weighted by molar-refractivity contribution is 6.34. The minimum Gasteiger partial charge on any atom is -0.486 e. The fourth-order valence-electron chi connectivity index (χ4n) is 3.35. The molecular weight excluding hydrogens is 386 g/mol. The van der Waals surface area contributed by atoms with E-state index in [1.165, 1.54) is 4.68 Å². The van der Waals surface area contributed by atoms with Gasteiger partial charge in [-0.3, -0.25) is 4.57 Å². The van der Waals surface area contributed by atoms with Crippen LogP contribution in [0.3, 0.4) is 0 Å². The van der Waals surface area contributed by atoms with Crippen molar-refractivity contribution in [1.29, 1.82) is 0 Å². The van der Waals surface area contributed by atoms with E-state index in [1.54, 1.807) is 16.7 Å². The minimum atomic E-state index is -0.380. The number of carbonyl (C=O) groups is 1. The highest BCUT2D eigenvalue weighted by Crippen LogP contribution is 2.37. The molecule has 2 N–H and O–H groups in total. The number of amides is 2. The first-order valence-electron chi connectivity index (χ1n) is 9.42. The van der Waals surface area contributed by atoms with Gasteiger partial charge in [0.2, 0.25) is 0 Å². The van der Waals surface area contributed by atoms with Crippen molar-refractivity contribution in [2.45, 2.75) is 38.8 Å². The van der Waals surface area contributed by atoms with E-state index in [0.717, 1.165) is 31.6 Å². The molecular formula is C18H22ClN5O4. The molecule has 0 saturated heterocycles. The number of hydrogen-bond acceptors (Lipinski definition) is 5. The molecule has 0 atom stereocenters. The maximum absolute atomic E-state index is 12.3. The van der Waals surface area contributed by atoms with Crippen LogP contribution >= 0.6 is 11.6 Å². The van der Waals surface area contributed by atoms with Crippen LogP contribution < -0.4 is 25.8 Å². The number of halogens is 1. The van der Waals surface area contributed by atoms with Gasteiger partial charge in [-0.25, -0.2) is 14.3 Å². The summed E-state index contributed by atoms with van der Waals surface area (Å²) in [6.45, 7) is 2.54. The summed E-state index contributed by atoms with van der Waals surface area (Å²) >= 11 is 6.19. The number of carbonyl (C=O) groups excluding carboxylic acids is 1. The lowest BCUT2D eigenvalue weighted by Crippen LogP contribution is -2.31. The van der Waals surface area contributed by atoms with Crippen molar-refractivity contribution < 1.29 is 14.3 Å². The van der Waals surface area contributed by atoms with Crippen LogP contribution in [0.2, 0.25) is 5.02 Å². The maximum atomic E-state index is 12.3. The van der Waals surface area contributed by atoms with E-state index in [9.17, 15) is 9.59 Å². The molecule has 0 aliphatic carbocycles. The van der Waals surface area contributed by atoms with E-state index in [2.05, 4.69) is 15.7 Å². The Hall–Kier alpha value is -2.68. The van der Waals surface area contributed by atoms with Crippen molar-refractivity contribution in [3.05, 3.63) is 33.5 Å². The van der Waals surface area contributed by atoms with Crippen LogP contribution in [0.15, 0.2) is 16.9 Å². The molecule has 9 nitrogen and oxygen atoms in total. The van der Waals surface area contributed by atoms with Gasteiger partial charge in [-0.1, -0.05) is 11.6 Å². The van der Waals surface area contributed by atoms with Gasteiger partial charge in [0.25, 0.3) is 0 Å².